The van der Waals surface area contributed by atoms with Crippen molar-refractivity contribution in [3.63, 3.8) is 0 Å². The zero-order valence-electron chi connectivity index (χ0n) is 22.2. The van der Waals surface area contributed by atoms with Crippen molar-refractivity contribution in [3.8, 4) is 0 Å². The van der Waals surface area contributed by atoms with Crippen LogP contribution in [-0.2, 0) is 32.2 Å². The number of anilines is 2. The van der Waals surface area contributed by atoms with Crippen molar-refractivity contribution in [2.45, 2.75) is 56.6 Å². The minimum absolute atomic E-state index is 0.00583. The Hall–Kier alpha value is -2.58. The molecular weight excluding hydrogens is 650 g/mol. The Kier molecular flexibility index (Phi) is 7.86. The van der Waals surface area contributed by atoms with E-state index < -0.39 is 56.2 Å². The van der Waals surface area contributed by atoms with Crippen LogP contribution in [0.3, 0.4) is 0 Å². The average molecular weight is 677 g/mol. The number of fused-ring (bicyclic) bond motifs is 2. The summed E-state index contributed by atoms with van der Waals surface area (Å²) in [5.41, 5.74) is 10.5. The maximum absolute atomic E-state index is 13.5. The van der Waals surface area contributed by atoms with E-state index in [1.54, 1.807) is 4.57 Å². The van der Waals surface area contributed by atoms with Crippen LogP contribution in [-0.4, -0.2) is 68.5 Å². The van der Waals surface area contributed by atoms with Crippen LogP contribution in [0.4, 0.5) is 11.8 Å². The highest BCUT2D eigenvalue weighted by Crippen LogP contribution is 2.60. The normalized spacial score (nSPS) is 28.8. The highest BCUT2D eigenvalue weighted by molar-refractivity contribution is 8.44. The topological polar surface area (TPSA) is 260 Å². The number of hydrogen-bond donors (Lipinski definition) is 6. The molecule has 0 aliphatic carbocycles. The van der Waals surface area contributed by atoms with Crippen molar-refractivity contribution < 1.29 is 37.1 Å². The van der Waals surface area contributed by atoms with Gasteiger partial charge in [-0.2, -0.15) is 4.98 Å². The second kappa shape index (κ2) is 11.1. The van der Waals surface area contributed by atoms with E-state index in [1.165, 1.54) is 30.5 Å². The largest absolute Gasteiger partial charge is 0.388 e. The van der Waals surface area contributed by atoms with E-state index >= 15 is 0 Å². The number of nitrogens with two attached hydrogens (primary N) is 2. The Bertz CT molecular complexity index is 1850. The summed E-state index contributed by atoms with van der Waals surface area (Å²) in [6.07, 6.45) is 1.42. The number of nitrogens with one attached hydrogen (secondary N) is 1. The zero-order valence-corrected chi connectivity index (χ0v) is 25.7. The van der Waals surface area contributed by atoms with Crippen molar-refractivity contribution in [2.75, 3.05) is 18.1 Å². The fourth-order valence-electron chi connectivity index (χ4n) is 4.97. The molecule has 0 radical (unpaired) electrons. The summed E-state index contributed by atoms with van der Waals surface area (Å²) < 4.78 is 57.1. The Labute approximate surface area is 252 Å². The van der Waals surface area contributed by atoms with Gasteiger partial charge in [-0.25, -0.2) is 29.1 Å². The minimum atomic E-state index is -4.24. The highest BCUT2D eigenvalue weighted by atomic mass is 32.7. The van der Waals surface area contributed by atoms with Crippen molar-refractivity contribution in [1.82, 2.24) is 39.0 Å². The van der Waals surface area contributed by atoms with Crippen LogP contribution in [0.25, 0.3) is 22.3 Å². The predicted octanol–water partition coefficient (Wildman–Crippen LogP) is 1.92. The van der Waals surface area contributed by atoms with Crippen LogP contribution in [0.5, 0.6) is 0 Å². The molecule has 6 rings (SSSR count). The molecule has 7 atom stereocenters. The molecule has 3 unspecified atom stereocenters. The maximum Gasteiger partial charge on any atom is 0.388 e. The van der Waals surface area contributed by atoms with Gasteiger partial charge in [0, 0.05) is 12.8 Å². The number of nitrogen functional groups attached to an aromatic ring is 2. The van der Waals surface area contributed by atoms with Crippen LogP contribution in [0.15, 0.2) is 23.8 Å². The van der Waals surface area contributed by atoms with Crippen molar-refractivity contribution in [2.24, 2.45) is 0 Å². The van der Waals surface area contributed by atoms with Crippen molar-refractivity contribution >= 4 is 72.2 Å². The average Bonchev–Trinajstić information content (AvgIpc) is 3.68. The second-order valence-corrected chi connectivity index (χ2v) is 15.6. The number of H-pyrrole nitrogens is 1. The van der Waals surface area contributed by atoms with Crippen LogP contribution in [0.1, 0.15) is 38.6 Å². The molecule has 0 aromatic carbocycles. The number of imidazole rings is 2. The van der Waals surface area contributed by atoms with Crippen LogP contribution >= 0.6 is 38.1 Å². The van der Waals surface area contributed by atoms with Crippen LogP contribution < -0.4 is 17.0 Å². The van der Waals surface area contributed by atoms with Gasteiger partial charge in [0.1, 0.15) is 36.0 Å². The van der Waals surface area contributed by atoms with Gasteiger partial charge in [0.2, 0.25) is 5.95 Å². The first kappa shape index (κ1) is 30.4. The minimum Gasteiger partial charge on any atom is -0.382 e. The molecule has 0 spiro atoms. The molecule has 0 bridgehead atoms. The van der Waals surface area contributed by atoms with Crippen molar-refractivity contribution in [3.05, 3.63) is 29.3 Å². The van der Waals surface area contributed by atoms with Gasteiger partial charge in [-0.05, 0) is 13.3 Å². The quantitative estimate of drug-likeness (QED) is 0.109. The third-order valence-corrected chi connectivity index (χ3v) is 9.35. The molecule has 23 heteroatoms. The van der Waals surface area contributed by atoms with E-state index in [4.69, 9.17) is 34.5 Å². The van der Waals surface area contributed by atoms with Gasteiger partial charge in [0.05, 0.1) is 19.3 Å². The first-order valence-electron chi connectivity index (χ1n) is 12.6. The van der Waals surface area contributed by atoms with Gasteiger partial charge in [-0.15, -0.1) is 0 Å². The number of hydrogen-bond acceptors (Lipinski definition) is 15. The van der Waals surface area contributed by atoms with E-state index in [-0.39, 0.29) is 29.4 Å². The Morgan fingerprint density at radius 3 is 2.56 bits per heavy atom. The van der Waals surface area contributed by atoms with Crippen LogP contribution in [0.2, 0.25) is 0 Å². The van der Waals surface area contributed by atoms with Gasteiger partial charge < -0.3 is 25.8 Å². The van der Waals surface area contributed by atoms with E-state index in [9.17, 15) is 18.8 Å². The number of ether oxygens (including phenoxy) is 2. The summed E-state index contributed by atoms with van der Waals surface area (Å²) in [5.74, 6) is 0.0762. The molecule has 4 aromatic heterocycles. The standard InChI is InChI=1S/C20H26N10O9P2S2/c1-20(5-35-40(32,33)42)9(4-11(37-20)30-8-26-14-17(30)27-19(22)28-18(14)31)38-41(34,43)39-12-3-2-10(36-12)29-7-25-13-15(21)23-6-24-16(13)29/h6-12H,2-5H2,1H3,(H,34,43)(H2,21,23,24)(H2,32,33,42)(H3,22,27,28,31)/t9-,10+,11+,12+,20?,41?/m0/s1. The molecule has 4 aromatic rings. The Morgan fingerprint density at radius 2 is 1.81 bits per heavy atom. The predicted molar refractivity (Wildman–Crippen MR) is 156 cm³/mol. The summed E-state index contributed by atoms with van der Waals surface area (Å²) in [6, 6.07) is 0. The molecule has 0 saturated carbocycles. The lowest BCUT2D eigenvalue weighted by Crippen LogP contribution is -2.41. The highest BCUT2D eigenvalue weighted by Gasteiger charge is 2.51. The van der Waals surface area contributed by atoms with E-state index in [1.807, 2.05) is 0 Å². The molecule has 2 fully saturated rings. The first-order valence-corrected chi connectivity index (χ1v) is 18.0. The van der Waals surface area contributed by atoms with Crippen molar-refractivity contribution in [1.29, 1.82) is 0 Å². The summed E-state index contributed by atoms with van der Waals surface area (Å²) >= 11 is 7.73. The number of rotatable bonds is 9. The summed E-state index contributed by atoms with van der Waals surface area (Å²) in [7, 11) is 0. The first-order chi connectivity index (χ1) is 20.2. The van der Waals surface area contributed by atoms with Gasteiger partial charge in [0.25, 0.3) is 5.56 Å². The Morgan fingerprint density at radius 1 is 1.09 bits per heavy atom. The van der Waals surface area contributed by atoms with Gasteiger partial charge in [0.15, 0.2) is 28.9 Å². The zero-order chi connectivity index (χ0) is 30.7. The van der Waals surface area contributed by atoms with Gasteiger partial charge >= 0.3 is 13.6 Å². The number of aromatic nitrogens is 8. The molecule has 2 saturated heterocycles. The lowest BCUT2D eigenvalue weighted by molar-refractivity contribution is -0.118. The fraction of sp³-hybridized carbons (Fsp3) is 0.500. The SMILES string of the molecule is CC1(COP(=O)(O)S)O[C@@H](n2cnc3c(=O)[nH]c(N)nc32)C[C@@H]1OP(=O)(S)O[C@@H]1CC[C@H](n2cnc3c(N)ncnc32)O1. The molecule has 19 nitrogen and oxygen atoms in total. The third-order valence-electron chi connectivity index (χ3n) is 6.95. The van der Waals surface area contributed by atoms with E-state index in [0.29, 0.717) is 24.0 Å². The molecule has 6 N–H and O–H groups in total. The molecule has 6 heterocycles. The summed E-state index contributed by atoms with van der Waals surface area (Å²) in [4.78, 5) is 44.8. The molecular formula is C20H26N10O9P2S2. The van der Waals surface area contributed by atoms with Gasteiger partial charge in [-0.3, -0.25) is 32.5 Å². The monoisotopic (exact) mass is 676 g/mol. The second-order valence-electron chi connectivity index (χ2n) is 10.0. The van der Waals surface area contributed by atoms with E-state index in [0.717, 1.165) is 0 Å². The maximum atomic E-state index is 13.5. The molecule has 2 aliphatic heterocycles. The van der Waals surface area contributed by atoms with E-state index in [2.05, 4.69) is 54.4 Å². The van der Waals surface area contributed by atoms with Gasteiger partial charge in [-0.1, -0.05) is 24.5 Å². The fourth-order valence-corrected chi connectivity index (χ4v) is 7.36. The smallest absolute Gasteiger partial charge is 0.382 e. The number of thiol groups is 2. The Balaban J connectivity index is 1.20. The summed E-state index contributed by atoms with van der Waals surface area (Å²) in [5, 5.41) is 0. The molecule has 0 amide bonds. The summed E-state index contributed by atoms with van der Waals surface area (Å²) in [6.45, 7) is -7.39. The number of nitrogens with zero attached hydrogens (tertiary/aromatic N) is 7. The molecule has 43 heavy (non-hydrogen) atoms. The lowest BCUT2D eigenvalue weighted by Gasteiger charge is -2.31. The number of aromatic amines is 1. The molecule has 232 valence electrons. The lowest BCUT2D eigenvalue weighted by atomic mass is 10.0. The third kappa shape index (κ3) is 6.19. The molecule has 2 aliphatic rings. The van der Waals surface area contributed by atoms with Crippen LogP contribution in [0, 0.1) is 0 Å².